The average Bonchev–Trinajstić information content (AvgIpc) is 2.89. The molecule has 1 aromatic heterocycles. The Hall–Kier alpha value is -4.66. The molecule has 0 aliphatic carbocycles. The first-order valence-corrected chi connectivity index (χ1v) is 11.2. The molecule has 9 heteroatoms. The van der Waals surface area contributed by atoms with Crippen molar-refractivity contribution in [2.45, 2.75) is 6.92 Å². The number of urea groups is 1. The van der Waals surface area contributed by atoms with Gasteiger partial charge in [0.25, 0.3) is 5.91 Å². The van der Waals surface area contributed by atoms with E-state index in [0.29, 0.717) is 51.6 Å². The number of benzene rings is 3. The van der Waals surface area contributed by atoms with E-state index in [-0.39, 0.29) is 17.8 Å². The van der Waals surface area contributed by atoms with Gasteiger partial charge in [0, 0.05) is 42.6 Å². The van der Waals surface area contributed by atoms with Crippen LogP contribution in [-0.2, 0) is 0 Å². The van der Waals surface area contributed by atoms with Gasteiger partial charge in [0.1, 0.15) is 23.1 Å². The zero-order chi connectivity index (χ0) is 25.7. The number of nitrogens with one attached hydrogen (secondary N) is 2. The fourth-order valence-corrected chi connectivity index (χ4v) is 3.56. The summed E-state index contributed by atoms with van der Waals surface area (Å²) in [5.41, 5.74) is 2.12. The minimum atomic E-state index is -0.376. The molecule has 0 aliphatic rings. The van der Waals surface area contributed by atoms with Gasteiger partial charge in [0.05, 0.1) is 18.2 Å². The lowest BCUT2D eigenvalue weighted by molar-refractivity contribution is 0.0953. The molecule has 36 heavy (non-hydrogen) atoms. The van der Waals surface area contributed by atoms with E-state index < -0.39 is 0 Å². The van der Waals surface area contributed by atoms with Gasteiger partial charge in [-0.25, -0.2) is 9.18 Å². The van der Waals surface area contributed by atoms with Crippen molar-refractivity contribution in [3.05, 3.63) is 84.3 Å². The van der Waals surface area contributed by atoms with Crippen molar-refractivity contribution in [3.63, 3.8) is 0 Å². The molecule has 2 N–H and O–H groups in total. The van der Waals surface area contributed by atoms with Crippen molar-refractivity contribution >= 4 is 34.2 Å². The van der Waals surface area contributed by atoms with E-state index >= 15 is 0 Å². The number of hydrogen-bond acceptors (Lipinski definition) is 5. The van der Waals surface area contributed by atoms with Crippen LogP contribution in [0.15, 0.2) is 72.9 Å². The highest BCUT2D eigenvalue weighted by Gasteiger charge is 2.16. The molecule has 3 amide bonds. The molecule has 0 fully saturated rings. The molecule has 3 aromatic carbocycles. The van der Waals surface area contributed by atoms with Crippen molar-refractivity contribution in [3.8, 4) is 17.2 Å². The zero-order valence-electron chi connectivity index (χ0n) is 20.0. The standard InChI is InChI=1S/C27H25FN4O4/c1-4-29-26(33)22-15-21-23(16-25(22)35-3)30-14-13-24(21)36-20-11-9-19(10-12-20)32(2)27(34)31-18-7-5-17(28)6-8-18/h5-16H,4H2,1-3H3,(H,29,33)(H,31,34). The molecule has 0 atom stereocenters. The Morgan fingerprint density at radius 1 is 1.00 bits per heavy atom. The lowest BCUT2D eigenvalue weighted by Gasteiger charge is -2.18. The van der Waals surface area contributed by atoms with Gasteiger partial charge < -0.3 is 20.1 Å². The Balaban J connectivity index is 1.54. The van der Waals surface area contributed by atoms with Gasteiger partial charge in [0.15, 0.2) is 0 Å². The number of aromatic nitrogens is 1. The number of halogens is 1. The average molecular weight is 489 g/mol. The number of anilines is 2. The topological polar surface area (TPSA) is 92.8 Å². The first-order valence-electron chi connectivity index (χ1n) is 11.2. The second kappa shape index (κ2) is 10.7. The Morgan fingerprint density at radius 3 is 2.39 bits per heavy atom. The number of rotatable bonds is 7. The summed E-state index contributed by atoms with van der Waals surface area (Å²) < 4.78 is 24.6. The maximum atomic E-state index is 13.1. The molecular weight excluding hydrogens is 463 g/mol. The molecule has 0 saturated carbocycles. The van der Waals surface area contributed by atoms with Crippen LogP contribution in [0.2, 0.25) is 0 Å². The maximum absolute atomic E-state index is 13.1. The molecule has 0 unspecified atom stereocenters. The monoisotopic (exact) mass is 488 g/mol. The Bertz CT molecular complexity index is 1390. The fourth-order valence-electron chi connectivity index (χ4n) is 3.56. The zero-order valence-corrected chi connectivity index (χ0v) is 20.0. The van der Waals surface area contributed by atoms with Gasteiger partial charge >= 0.3 is 6.03 Å². The maximum Gasteiger partial charge on any atom is 0.326 e. The van der Waals surface area contributed by atoms with Crippen LogP contribution >= 0.6 is 0 Å². The predicted octanol–water partition coefficient (Wildman–Crippen LogP) is 5.59. The molecule has 0 aliphatic heterocycles. The van der Waals surface area contributed by atoms with Crippen LogP contribution in [0.1, 0.15) is 17.3 Å². The van der Waals surface area contributed by atoms with Gasteiger partial charge in [-0.2, -0.15) is 0 Å². The van der Waals surface area contributed by atoms with E-state index in [1.807, 2.05) is 6.92 Å². The van der Waals surface area contributed by atoms with E-state index in [1.165, 1.54) is 36.3 Å². The normalized spacial score (nSPS) is 10.6. The summed E-state index contributed by atoms with van der Waals surface area (Å²) in [6.07, 6.45) is 1.62. The molecule has 0 radical (unpaired) electrons. The number of fused-ring (bicyclic) bond motifs is 1. The third-order valence-corrected chi connectivity index (χ3v) is 5.46. The molecule has 0 saturated heterocycles. The second-order valence-electron chi connectivity index (χ2n) is 7.83. The van der Waals surface area contributed by atoms with Crippen LogP contribution < -0.4 is 25.0 Å². The van der Waals surface area contributed by atoms with Gasteiger partial charge in [0.2, 0.25) is 0 Å². The lowest BCUT2D eigenvalue weighted by Crippen LogP contribution is -2.31. The number of hydrogen-bond donors (Lipinski definition) is 2. The molecule has 184 valence electrons. The molecule has 4 rings (SSSR count). The largest absolute Gasteiger partial charge is 0.496 e. The third-order valence-electron chi connectivity index (χ3n) is 5.46. The highest BCUT2D eigenvalue weighted by atomic mass is 19.1. The highest BCUT2D eigenvalue weighted by molar-refractivity contribution is 6.02. The molecule has 0 spiro atoms. The van der Waals surface area contributed by atoms with E-state index in [1.54, 1.807) is 55.7 Å². The summed E-state index contributed by atoms with van der Waals surface area (Å²) in [6.45, 7) is 2.33. The van der Waals surface area contributed by atoms with Gasteiger partial charge in [-0.3, -0.25) is 14.7 Å². The summed E-state index contributed by atoms with van der Waals surface area (Å²) in [5, 5.41) is 6.15. The minimum Gasteiger partial charge on any atom is -0.496 e. The van der Waals surface area contributed by atoms with Crippen molar-refractivity contribution in [1.82, 2.24) is 10.3 Å². The molecule has 8 nitrogen and oxygen atoms in total. The Kier molecular flexibility index (Phi) is 7.29. The fraction of sp³-hybridized carbons (Fsp3) is 0.148. The Morgan fingerprint density at radius 2 is 1.72 bits per heavy atom. The number of carbonyl (C=O) groups excluding carboxylic acids is 2. The van der Waals surface area contributed by atoms with E-state index in [0.717, 1.165) is 0 Å². The van der Waals surface area contributed by atoms with Gasteiger partial charge in [-0.05, 0) is 67.6 Å². The van der Waals surface area contributed by atoms with Crippen LogP contribution in [0.4, 0.5) is 20.6 Å². The Labute approximate surface area is 207 Å². The third kappa shape index (κ3) is 5.35. The predicted molar refractivity (Wildman–Crippen MR) is 137 cm³/mol. The van der Waals surface area contributed by atoms with Crippen LogP contribution in [0.3, 0.4) is 0 Å². The van der Waals surface area contributed by atoms with Crippen LogP contribution in [-0.4, -0.2) is 37.6 Å². The summed E-state index contributed by atoms with van der Waals surface area (Å²) in [5.74, 6) is 0.845. The van der Waals surface area contributed by atoms with Gasteiger partial charge in [-0.15, -0.1) is 0 Å². The second-order valence-corrected chi connectivity index (χ2v) is 7.83. The van der Waals surface area contributed by atoms with E-state index in [9.17, 15) is 14.0 Å². The number of methoxy groups -OCH3 is 1. The molecule has 4 aromatic rings. The summed E-state index contributed by atoms with van der Waals surface area (Å²) in [7, 11) is 3.13. The molecule has 0 bridgehead atoms. The van der Waals surface area contributed by atoms with E-state index in [4.69, 9.17) is 9.47 Å². The number of carbonyl (C=O) groups is 2. The lowest BCUT2D eigenvalue weighted by atomic mass is 10.1. The molecular formula is C27H25FN4O4. The number of ether oxygens (including phenoxy) is 2. The number of amides is 3. The van der Waals surface area contributed by atoms with Crippen molar-refractivity contribution < 1.29 is 23.5 Å². The van der Waals surface area contributed by atoms with Crippen molar-refractivity contribution in [1.29, 1.82) is 0 Å². The quantitative estimate of drug-likeness (QED) is 0.354. The van der Waals surface area contributed by atoms with Crippen LogP contribution in [0.25, 0.3) is 10.9 Å². The number of nitrogens with zero attached hydrogens (tertiary/aromatic N) is 2. The van der Waals surface area contributed by atoms with Crippen molar-refractivity contribution in [2.75, 3.05) is 30.9 Å². The molecule has 1 heterocycles. The van der Waals surface area contributed by atoms with Crippen molar-refractivity contribution in [2.24, 2.45) is 0 Å². The van der Waals surface area contributed by atoms with Gasteiger partial charge in [-0.1, -0.05) is 0 Å². The summed E-state index contributed by atoms with van der Waals surface area (Å²) in [4.78, 5) is 30.9. The first kappa shape index (κ1) is 24.5. The summed E-state index contributed by atoms with van der Waals surface area (Å²) >= 11 is 0. The number of pyridine rings is 1. The van der Waals surface area contributed by atoms with Crippen LogP contribution in [0.5, 0.6) is 17.2 Å². The van der Waals surface area contributed by atoms with E-state index in [2.05, 4.69) is 15.6 Å². The minimum absolute atomic E-state index is 0.252. The van der Waals surface area contributed by atoms with Crippen LogP contribution in [0, 0.1) is 5.82 Å². The summed E-state index contributed by atoms with van der Waals surface area (Å²) in [6, 6.07) is 17.2. The smallest absolute Gasteiger partial charge is 0.326 e. The first-order chi connectivity index (χ1) is 17.4. The highest BCUT2D eigenvalue weighted by Crippen LogP contribution is 2.33. The SMILES string of the molecule is CCNC(=O)c1cc2c(Oc3ccc(N(C)C(=O)Nc4ccc(F)cc4)cc3)ccnc2cc1OC.